The maximum atomic E-state index is 12.4. The molecule has 7 heteroatoms. The molecule has 0 saturated heterocycles. The van der Waals surface area contributed by atoms with Gasteiger partial charge in [-0.1, -0.05) is 32.0 Å². The van der Waals surface area contributed by atoms with Crippen LogP contribution in [-0.2, 0) is 14.4 Å². The zero-order valence-corrected chi connectivity index (χ0v) is 15.2. The number of amides is 3. The van der Waals surface area contributed by atoms with Gasteiger partial charge in [0, 0.05) is 17.3 Å². The van der Waals surface area contributed by atoms with Gasteiger partial charge in [-0.05, 0) is 30.3 Å². The molecule has 0 spiro atoms. The van der Waals surface area contributed by atoms with Gasteiger partial charge in [-0.15, -0.1) is 0 Å². The van der Waals surface area contributed by atoms with Gasteiger partial charge in [-0.25, -0.2) is 0 Å². The van der Waals surface area contributed by atoms with Crippen LogP contribution >= 0.6 is 0 Å². The molecule has 0 saturated carbocycles. The Morgan fingerprint density at radius 3 is 2.52 bits per heavy atom. The number of carbonyl (C=O) groups is 3. The molecule has 27 heavy (non-hydrogen) atoms. The number of carbonyl (C=O) groups excluding carboxylic acids is 3. The van der Waals surface area contributed by atoms with E-state index in [0.29, 0.717) is 22.8 Å². The van der Waals surface area contributed by atoms with E-state index in [0.717, 1.165) is 0 Å². The van der Waals surface area contributed by atoms with Crippen molar-refractivity contribution in [3.63, 3.8) is 0 Å². The van der Waals surface area contributed by atoms with Crippen molar-refractivity contribution in [3.05, 3.63) is 48.5 Å². The normalized spacial score (nSPS) is 13.0. The summed E-state index contributed by atoms with van der Waals surface area (Å²) in [5.41, 5.74) is 1.65. The lowest BCUT2D eigenvalue weighted by atomic mass is 10.1. The van der Waals surface area contributed by atoms with Crippen molar-refractivity contribution < 1.29 is 19.1 Å². The van der Waals surface area contributed by atoms with Crippen LogP contribution in [0.25, 0.3) is 0 Å². The van der Waals surface area contributed by atoms with E-state index in [2.05, 4.69) is 10.6 Å². The van der Waals surface area contributed by atoms with Gasteiger partial charge in [0.15, 0.2) is 6.61 Å². The van der Waals surface area contributed by atoms with Crippen LogP contribution in [-0.4, -0.2) is 30.9 Å². The van der Waals surface area contributed by atoms with Crippen molar-refractivity contribution in [1.29, 1.82) is 0 Å². The lowest BCUT2D eigenvalue weighted by Gasteiger charge is -2.29. The second-order valence-corrected chi connectivity index (χ2v) is 6.51. The summed E-state index contributed by atoms with van der Waals surface area (Å²) in [5, 5.41) is 5.55. The van der Waals surface area contributed by atoms with Gasteiger partial charge in [-0.3, -0.25) is 19.3 Å². The number of nitrogens with one attached hydrogen (secondary N) is 2. The first kappa shape index (κ1) is 18.4. The van der Waals surface area contributed by atoms with E-state index in [1.807, 2.05) is 18.2 Å². The van der Waals surface area contributed by atoms with Gasteiger partial charge >= 0.3 is 0 Å². The first-order chi connectivity index (χ1) is 12.9. The summed E-state index contributed by atoms with van der Waals surface area (Å²) in [4.78, 5) is 38.0. The Kier molecular flexibility index (Phi) is 5.40. The molecule has 0 unspecified atom stereocenters. The van der Waals surface area contributed by atoms with E-state index < -0.39 is 0 Å². The quantitative estimate of drug-likeness (QED) is 0.850. The van der Waals surface area contributed by atoms with E-state index in [1.165, 1.54) is 4.90 Å². The van der Waals surface area contributed by atoms with Crippen molar-refractivity contribution >= 4 is 34.8 Å². The van der Waals surface area contributed by atoms with Gasteiger partial charge in [-0.2, -0.15) is 0 Å². The predicted octanol–water partition coefficient (Wildman–Crippen LogP) is 2.65. The van der Waals surface area contributed by atoms with Crippen LogP contribution in [0.2, 0.25) is 0 Å². The third-order valence-electron chi connectivity index (χ3n) is 4.05. The molecule has 0 aliphatic carbocycles. The summed E-state index contributed by atoms with van der Waals surface area (Å²) in [5.74, 6) is -0.459. The van der Waals surface area contributed by atoms with Crippen molar-refractivity contribution in [2.45, 2.75) is 13.8 Å². The summed E-state index contributed by atoms with van der Waals surface area (Å²) in [6.45, 7) is 3.30. The summed E-state index contributed by atoms with van der Waals surface area (Å²) < 4.78 is 5.44. The average molecular weight is 367 g/mol. The smallest absolute Gasteiger partial charge is 0.265 e. The maximum absolute atomic E-state index is 12.4. The summed E-state index contributed by atoms with van der Waals surface area (Å²) in [7, 11) is 0. The number of ether oxygens (including phenoxy) is 1. The van der Waals surface area contributed by atoms with Crippen molar-refractivity contribution in [2.24, 2.45) is 5.92 Å². The van der Waals surface area contributed by atoms with Gasteiger partial charge in [0.2, 0.25) is 11.8 Å². The van der Waals surface area contributed by atoms with Crippen molar-refractivity contribution in [2.75, 3.05) is 28.7 Å². The molecule has 3 amide bonds. The average Bonchev–Trinajstić information content (AvgIpc) is 2.65. The number of para-hydroxylation sites is 1. The number of fused-ring (bicyclic) bond motifs is 1. The Bertz CT molecular complexity index is 865. The van der Waals surface area contributed by atoms with Crippen LogP contribution in [0.1, 0.15) is 13.8 Å². The first-order valence-electron chi connectivity index (χ1n) is 8.67. The molecule has 140 valence electrons. The highest BCUT2D eigenvalue weighted by atomic mass is 16.5. The second-order valence-electron chi connectivity index (χ2n) is 6.51. The highest BCUT2D eigenvalue weighted by molar-refractivity contribution is 6.05. The molecule has 0 atom stereocenters. The fraction of sp³-hybridized carbons (Fsp3) is 0.250. The van der Waals surface area contributed by atoms with Crippen LogP contribution in [0.3, 0.4) is 0 Å². The van der Waals surface area contributed by atoms with E-state index in [4.69, 9.17) is 4.74 Å². The topological polar surface area (TPSA) is 87.7 Å². The molecule has 0 bridgehead atoms. The number of hydrogen-bond acceptors (Lipinski definition) is 4. The molecule has 0 fully saturated rings. The van der Waals surface area contributed by atoms with Gasteiger partial charge in [0.1, 0.15) is 12.3 Å². The van der Waals surface area contributed by atoms with E-state index in [1.54, 1.807) is 44.2 Å². The minimum atomic E-state index is -0.321. The third kappa shape index (κ3) is 4.44. The van der Waals surface area contributed by atoms with E-state index in [-0.39, 0.29) is 36.8 Å². The number of benzene rings is 2. The zero-order valence-electron chi connectivity index (χ0n) is 15.2. The van der Waals surface area contributed by atoms with Crippen LogP contribution in [0.5, 0.6) is 5.75 Å². The van der Waals surface area contributed by atoms with E-state index in [9.17, 15) is 14.4 Å². The number of hydrogen-bond donors (Lipinski definition) is 2. The Morgan fingerprint density at radius 2 is 1.81 bits per heavy atom. The van der Waals surface area contributed by atoms with Gasteiger partial charge in [0.25, 0.3) is 5.91 Å². The molecule has 2 N–H and O–H groups in total. The Labute approximate surface area is 157 Å². The standard InChI is InChI=1S/C20H21N3O4/c1-13(2)20(26)22-15-8-9-17-16(10-15)23(19(25)12-27-17)11-18(24)21-14-6-4-3-5-7-14/h3-10,13H,11-12H2,1-2H3,(H,21,24)(H,22,26). The molecule has 0 radical (unpaired) electrons. The molecule has 2 aromatic rings. The highest BCUT2D eigenvalue weighted by Crippen LogP contribution is 2.34. The highest BCUT2D eigenvalue weighted by Gasteiger charge is 2.28. The fourth-order valence-corrected chi connectivity index (χ4v) is 2.61. The van der Waals surface area contributed by atoms with Crippen LogP contribution in [0, 0.1) is 5.92 Å². The van der Waals surface area contributed by atoms with Gasteiger partial charge < -0.3 is 15.4 Å². The number of nitrogens with zero attached hydrogens (tertiary/aromatic N) is 1. The summed E-state index contributed by atoms with van der Waals surface area (Å²) in [6.07, 6.45) is 0. The predicted molar refractivity (Wildman–Crippen MR) is 103 cm³/mol. The Balaban J connectivity index is 1.79. The van der Waals surface area contributed by atoms with Crippen molar-refractivity contribution in [1.82, 2.24) is 0 Å². The molecule has 1 heterocycles. The minimum Gasteiger partial charge on any atom is -0.482 e. The fourth-order valence-electron chi connectivity index (χ4n) is 2.61. The van der Waals surface area contributed by atoms with Crippen LogP contribution in [0.15, 0.2) is 48.5 Å². The Hall–Kier alpha value is -3.35. The zero-order chi connectivity index (χ0) is 19.4. The largest absolute Gasteiger partial charge is 0.482 e. The molecule has 2 aromatic carbocycles. The van der Waals surface area contributed by atoms with Crippen LogP contribution in [0.4, 0.5) is 17.1 Å². The molecule has 1 aliphatic heterocycles. The second kappa shape index (κ2) is 7.90. The molecule has 7 nitrogen and oxygen atoms in total. The Morgan fingerprint density at radius 1 is 1.07 bits per heavy atom. The van der Waals surface area contributed by atoms with Crippen LogP contribution < -0.4 is 20.3 Å². The first-order valence-corrected chi connectivity index (χ1v) is 8.67. The van der Waals surface area contributed by atoms with E-state index >= 15 is 0 Å². The molecule has 0 aromatic heterocycles. The monoisotopic (exact) mass is 367 g/mol. The lowest BCUT2D eigenvalue weighted by Crippen LogP contribution is -2.43. The summed E-state index contributed by atoms with van der Waals surface area (Å²) in [6, 6.07) is 14.0. The lowest BCUT2D eigenvalue weighted by molar-refractivity contribution is -0.123. The van der Waals surface area contributed by atoms with Gasteiger partial charge in [0.05, 0.1) is 5.69 Å². The molecular weight excluding hydrogens is 346 g/mol. The maximum Gasteiger partial charge on any atom is 0.265 e. The summed E-state index contributed by atoms with van der Waals surface area (Å²) >= 11 is 0. The number of rotatable bonds is 5. The SMILES string of the molecule is CC(C)C(=O)Nc1ccc2c(c1)N(CC(=O)Nc1ccccc1)C(=O)CO2. The molecule has 3 rings (SSSR count). The van der Waals surface area contributed by atoms with Crippen molar-refractivity contribution in [3.8, 4) is 5.75 Å². The third-order valence-corrected chi connectivity index (χ3v) is 4.05. The molecule has 1 aliphatic rings. The molecular formula is C20H21N3O4. The minimum absolute atomic E-state index is 0.133. The number of anilines is 3.